The first-order valence-electron chi connectivity index (χ1n) is 8.22. The quantitative estimate of drug-likeness (QED) is 0.317. The Balaban J connectivity index is 2.10. The third-order valence-corrected chi connectivity index (χ3v) is 5.22. The monoisotopic (exact) mass is 384 g/mol. The van der Waals surface area contributed by atoms with Gasteiger partial charge in [0.25, 0.3) is 0 Å². The van der Waals surface area contributed by atoms with Crippen LogP contribution in [0.1, 0.15) is 11.1 Å². The molecular formula is C24H17Br. The molecule has 0 heterocycles. The number of fused-ring (bicyclic) bond motifs is 3. The molecule has 0 aliphatic carbocycles. The maximum absolute atomic E-state index is 4.06. The number of rotatable bonds is 3. The van der Waals surface area contributed by atoms with Crippen molar-refractivity contribution in [2.24, 2.45) is 0 Å². The van der Waals surface area contributed by atoms with Gasteiger partial charge in [0.2, 0.25) is 0 Å². The van der Waals surface area contributed by atoms with Gasteiger partial charge in [0.1, 0.15) is 0 Å². The van der Waals surface area contributed by atoms with Crippen molar-refractivity contribution >= 4 is 49.6 Å². The lowest BCUT2D eigenvalue weighted by Gasteiger charge is -2.14. The van der Waals surface area contributed by atoms with Gasteiger partial charge in [0, 0.05) is 4.47 Å². The zero-order chi connectivity index (χ0) is 17.4. The Hall–Kier alpha value is -2.64. The molecule has 0 spiro atoms. The second-order valence-electron chi connectivity index (χ2n) is 6.05. The molecule has 0 nitrogen and oxygen atoms in total. The van der Waals surface area contributed by atoms with Crippen molar-refractivity contribution in [1.82, 2.24) is 0 Å². The summed E-state index contributed by atoms with van der Waals surface area (Å²) in [5, 5.41) is 4.93. The number of hydrogen-bond donors (Lipinski definition) is 0. The fraction of sp³-hybridized carbons (Fsp3) is 0. The molecule has 0 amide bonds. The molecule has 4 rings (SSSR count). The van der Waals surface area contributed by atoms with Crippen molar-refractivity contribution in [2.75, 3.05) is 0 Å². The first kappa shape index (κ1) is 15.9. The predicted molar refractivity (Wildman–Crippen MR) is 115 cm³/mol. The molecule has 0 bridgehead atoms. The van der Waals surface area contributed by atoms with Crippen LogP contribution in [0, 0.1) is 0 Å². The van der Waals surface area contributed by atoms with E-state index in [0.29, 0.717) is 0 Å². The summed E-state index contributed by atoms with van der Waals surface area (Å²) in [4.78, 5) is 0. The second kappa shape index (κ2) is 6.34. The molecule has 120 valence electrons. The third kappa shape index (κ3) is 2.61. The van der Waals surface area contributed by atoms with Crippen LogP contribution in [0.5, 0.6) is 0 Å². The summed E-state index contributed by atoms with van der Waals surface area (Å²) in [6.45, 7) is 8.09. The van der Waals surface area contributed by atoms with E-state index in [9.17, 15) is 0 Å². The zero-order valence-corrected chi connectivity index (χ0v) is 15.4. The van der Waals surface area contributed by atoms with Gasteiger partial charge in [-0.05, 0) is 62.0 Å². The fourth-order valence-corrected chi connectivity index (χ4v) is 3.77. The molecule has 0 N–H and O–H groups in total. The molecule has 0 saturated heterocycles. The van der Waals surface area contributed by atoms with Crippen LogP contribution in [-0.4, -0.2) is 0 Å². The second-order valence-corrected chi connectivity index (χ2v) is 6.96. The molecule has 0 saturated carbocycles. The highest BCUT2D eigenvalue weighted by atomic mass is 79.9. The van der Waals surface area contributed by atoms with E-state index in [-0.39, 0.29) is 0 Å². The van der Waals surface area contributed by atoms with E-state index in [1.807, 2.05) is 12.2 Å². The van der Waals surface area contributed by atoms with E-state index in [4.69, 9.17) is 0 Å². The lowest BCUT2D eigenvalue weighted by atomic mass is 9.90. The average Bonchev–Trinajstić information content (AvgIpc) is 2.67. The van der Waals surface area contributed by atoms with Gasteiger partial charge < -0.3 is 0 Å². The molecule has 1 heteroatoms. The van der Waals surface area contributed by atoms with Gasteiger partial charge in [0.05, 0.1) is 0 Å². The van der Waals surface area contributed by atoms with Crippen molar-refractivity contribution < 1.29 is 0 Å². The van der Waals surface area contributed by atoms with Crippen LogP contribution in [0.3, 0.4) is 0 Å². The summed E-state index contributed by atoms with van der Waals surface area (Å²) >= 11 is 3.50. The van der Waals surface area contributed by atoms with Crippen molar-refractivity contribution in [3.8, 4) is 11.1 Å². The SMILES string of the molecule is C=Cc1c(C=C)c2cc(-c3ccc(Br)cc3)ccc2c2ccccc12. The van der Waals surface area contributed by atoms with Crippen molar-refractivity contribution in [2.45, 2.75) is 0 Å². The lowest BCUT2D eigenvalue weighted by molar-refractivity contribution is 1.61. The van der Waals surface area contributed by atoms with Gasteiger partial charge in [-0.25, -0.2) is 0 Å². The maximum Gasteiger partial charge on any atom is 0.0175 e. The molecule has 0 unspecified atom stereocenters. The largest absolute Gasteiger partial charge is 0.0984 e. The zero-order valence-electron chi connectivity index (χ0n) is 13.8. The van der Waals surface area contributed by atoms with Crippen molar-refractivity contribution in [1.29, 1.82) is 0 Å². The number of benzene rings is 4. The smallest absolute Gasteiger partial charge is 0.0175 e. The molecule has 0 aliphatic rings. The van der Waals surface area contributed by atoms with Gasteiger partial charge in [-0.2, -0.15) is 0 Å². The molecule has 25 heavy (non-hydrogen) atoms. The van der Waals surface area contributed by atoms with Crippen LogP contribution in [0.15, 0.2) is 84.4 Å². The minimum Gasteiger partial charge on any atom is -0.0984 e. The first-order chi connectivity index (χ1) is 12.2. The first-order valence-corrected chi connectivity index (χ1v) is 9.01. The minimum absolute atomic E-state index is 1.09. The summed E-state index contributed by atoms with van der Waals surface area (Å²) in [6.07, 6.45) is 3.88. The summed E-state index contributed by atoms with van der Waals surface area (Å²) < 4.78 is 1.09. The molecule has 0 radical (unpaired) electrons. The number of hydrogen-bond acceptors (Lipinski definition) is 0. The summed E-state index contributed by atoms with van der Waals surface area (Å²) in [6, 6.07) is 23.6. The number of halogens is 1. The fourth-order valence-electron chi connectivity index (χ4n) is 3.51. The van der Waals surface area contributed by atoms with Crippen LogP contribution in [-0.2, 0) is 0 Å². The Morgan fingerprint density at radius 1 is 0.600 bits per heavy atom. The summed E-state index contributed by atoms with van der Waals surface area (Å²) in [5.41, 5.74) is 4.69. The maximum atomic E-state index is 4.06. The van der Waals surface area contributed by atoms with Crippen LogP contribution in [0.4, 0.5) is 0 Å². The van der Waals surface area contributed by atoms with E-state index in [2.05, 4.69) is 95.8 Å². The standard InChI is InChI=1S/C24H17Br/c1-3-19-20(4-2)24-15-17(16-9-12-18(25)13-10-16)11-14-23(24)22-8-6-5-7-21(19)22/h3-15H,1-2H2. The highest BCUT2D eigenvalue weighted by Gasteiger charge is 2.11. The Kier molecular flexibility index (Phi) is 4.03. The summed E-state index contributed by atoms with van der Waals surface area (Å²) in [5.74, 6) is 0. The minimum atomic E-state index is 1.09. The molecule has 4 aromatic carbocycles. The van der Waals surface area contributed by atoms with E-state index >= 15 is 0 Å². The van der Waals surface area contributed by atoms with E-state index in [1.165, 1.54) is 32.7 Å². The van der Waals surface area contributed by atoms with Crippen LogP contribution in [0.25, 0.3) is 44.8 Å². The van der Waals surface area contributed by atoms with Gasteiger partial charge in [-0.3, -0.25) is 0 Å². The molecule has 4 aromatic rings. The molecule has 0 atom stereocenters. The average molecular weight is 385 g/mol. The van der Waals surface area contributed by atoms with E-state index < -0.39 is 0 Å². The van der Waals surface area contributed by atoms with Crippen LogP contribution in [0.2, 0.25) is 0 Å². The van der Waals surface area contributed by atoms with Crippen molar-refractivity contribution in [3.63, 3.8) is 0 Å². The Morgan fingerprint density at radius 2 is 1.16 bits per heavy atom. The predicted octanol–water partition coefficient (Wildman–Crippen LogP) is 7.71. The van der Waals surface area contributed by atoms with E-state index in [0.717, 1.165) is 15.6 Å². The molecule has 0 aliphatic heterocycles. The highest BCUT2D eigenvalue weighted by molar-refractivity contribution is 9.10. The normalized spacial score (nSPS) is 10.9. The van der Waals surface area contributed by atoms with Crippen LogP contribution < -0.4 is 0 Å². The van der Waals surface area contributed by atoms with E-state index in [1.54, 1.807) is 0 Å². The molecule has 0 fully saturated rings. The highest BCUT2D eigenvalue weighted by Crippen LogP contribution is 2.36. The summed E-state index contributed by atoms with van der Waals surface area (Å²) in [7, 11) is 0. The topological polar surface area (TPSA) is 0 Å². The Labute approximate surface area is 156 Å². The Bertz CT molecular complexity index is 1120. The lowest BCUT2D eigenvalue weighted by Crippen LogP contribution is -1.89. The third-order valence-electron chi connectivity index (χ3n) is 4.69. The molecule has 0 aromatic heterocycles. The molecular weight excluding hydrogens is 368 g/mol. The van der Waals surface area contributed by atoms with Gasteiger partial charge in [-0.15, -0.1) is 0 Å². The van der Waals surface area contributed by atoms with Gasteiger partial charge in [0.15, 0.2) is 0 Å². The van der Waals surface area contributed by atoms with Crippen LogP contribution >= 0.6 is 15.9 Å². The van der Waals surface area contributed by atoms with Gasteiger partial charge in [-0.1, -0.05) is 89.8 Å². The van der Waals surface area contributed by atoms with Crippen molar-refractivity contribution in [3.05, 3.63) is 95.5 Å². The Morgan fingerprint density at radius 3 is 1.84 bits per heavy atom. The van der Waals surface area contributed by atoms with Gasteiger partial charge >= 0.3 is 0 Å².